The van der Waals surface area contributed by atoms with Crippen LogP contribution in [0.1, 0.15) is 104 Å². The van der Waals surface area contributed by atoms with E-state index >= 15 is 0 Å². The fourth-order valence-electron chi connectivity index (χ4n) is 3.69. The van der Waals surface area contributed by atoms with Crippen molar-refractivity contribution in [1.82, 2.24) is 5.32 Å². The molecular formula is C19H39N. The van der Waals surface area contributed by atoms with Crippen LogP contribution >= 0.6 is 0 Å². The zero-order valence-electron chi connectivity index (χ0n) is 14.3. The molecule has 1 nitrogen and oxygen atoms in total. The van der Waals surface area contributed by atoms with Crippen LogP contribution in [0.3, 0.4) is 0 Å². The Bertz CT molecular complexity index is 194. The lowest BCUT2D eigenvalue weighted by molar-refractivity contribution is 0.297. The first-order valence-electron chi connectivity index (χ1n) is 9.61. The minimum absolute atomic E-state index is 0.819. The molecule has 1 heteroatoms. The molecule has 1 aliphatic carbocycles. The predicted octanol–water partition coefficient (Wildman–Crippen LogP) is 6.08. The van der Waals surface area contributed by atoms with Gasteiger partial charge in [-0.1, -0.05) is 78.1 Å². The van der Waals surface area contributed by atoms with E-state index in [1.807, 2.05) is 0 Å². The quantitative estimate of drug-likeness (QED) is 0.358. The van der Waals surface area contributed by atoms with Gasteiger partial charge in [0, 0.05) is 6.04 Å². The third-order valence-electron chi connectivity index (χ3n) is 4.99. The van der Waals surface area contributed by atoms with E-state index in [2.05, 4.69) is 19.2 Å². The molecule has 0 heterocycles. The van der Waals surface area contributed by atoms with Crippen molar-refractivity contribution in [2.45, 2.75) is 110 Å². The van der Waals surface area contributed by atoms with Crippen molar-refractivity contribution < 1.29 is 0 Å². The average molecular weight is 282 g/mol. The second-order valence-electron chi connectivity index (χ2n) is 6.87. The molecule has 1 aliphatic rings. The molecule has 120 valence electrons. The zero-order valence-corrected chi connectivity index (χ0v) is 14.3. The van der Waals surface area contributed by atoms with Gasteiger partial charge in [0.25, 0.3) is 0 Å². The maximum Gasteiger partial charge on any atom is 0.00953 e. The molecule has 0 aromatic heterocycles. The second-order valence-corrected chi connectivity index (χ2v) is 6.87. The van der Waals surface area contributed by atoms with Gasteiger partial charge in [-0.3, -0.25) is 0 Å². The van der Waals surface area contributed by atoms with Crippen molar-refractivity contribution in [1.29, 1.82) is 0 Å². The highest BCUT2D eigenvalue weighted by atomic mass is 14.9. The van der Waals surface area contributed by atoms with Crippen LogP contribution in [0.15, 0.2) is 0 Å². The molecule has 0 bridgehead atoms. The molecular weight excluding hydrogens is 242 g/mol. The summed E-state index contributed by atoms with van der Waals surface area (Å²) in [7, 11) is 0. The highest BCUT2D eigenvalue weighted by Crippen LogP contribution is 2.28. The Morgan fingerprint density at radius 2 is 1.45 bits per heavy atom. The van der Waals surface area contributed by atoms with E-state index in [9.17, 15) is 0 Å². The van der Waals surface area contributed by atoms with E-state index in [0.717, 1.165) is 12.0 Å². The van der Waals surface area contributed by atoms with Crippen molar-refractivity contribution in [3.05, 3.63) is 0 Å². The Morgan fingerprint density at radius 1 is 0.800 bits per heavy atom. The molecule has 1 N–H and O–H groups in total. The number of hydrogen-bond acceptors (Lipinski definition) is 1. The molecule has 1 atom stereocenters. The third kappa shape index (κ3) is 8.29. The standard InChI is InChI=1S/C19H39N/c1-3-5-6-7-8-13-16-19(20-17-4-2)18-14-11-9-10-12-15-18/h18-20H,3-17H2,1-2H3. The summed E-state index contributed by atoms with van der Waals surface area (Å²) >= 11 is 0. The summed E-state index contributed by atoms with van der Waals surface area (Å²) in [6, 6.07) is 0.819. The van der Waals surface area contributed by atoms with Crippen molar-refractivity contribution >= 4 is 0 Å². The summed E-state index contributed by atoms with van der Waals surface area (Å²) in [6.07, 6.45) is 20.2. The molecule has 0 aliphatic heterocycles. The molecule has 1 rings (SSSR count). The fourth-order valence-corrected chi connectivity index (χ4v) is 3.69. The highest BCUT2D eigenvalue weighted by molar-refractivity contribution is 4.78. The Hall–Kier alpha value is -0.0400. The summed E-state index contributed by atoms with van der Waals surface area (Å²) in [5.41, 5.74) is 0. The molecule has 0 saturated heterocycles. The first-order valence-corrected chi connectivity index (χ1v) is 9.61. The van der Waals surface area contributed by atoms with E-state index in [1.165, 1.54) is 96.4 Å². The second kappa shape index (κ2) is 12.7. The van der Waals surface area contributed by atoms with Crippen molar-refractivity contribution in [2.24, 2.45) is 5.92 Å². The van der Waals surface area contributed by atoms with E-state index in [0.29, 0.717) is 0 Å². The number of rotatable bonds is 11. The maximum atomic E-state index is 3.87. The maximum absolute atomic E-state index is 3.87. The summed E-state index contributed by atoms with van der Waals surface area (Å²) in [4.78, 5) is 0. The van der Waals surface area contributed by atoms with Gasteiger partial charge in [0.05, 0.1) is 0 Å². The molecule has 0 radical (unpaired) electrons. The number of nitrogens with one attached hydrogen (secondary N) is 1. The Morgan fingerprint density at radius 3 is 2.10 bits per heavy atom. The third-order valence-corrected chi connectivity index (χ3v) is 4.99. The van der Waals surface area contributed by atoms with Gasteiger partial charge in [0.15, 0.2) is 0 Å². The molecule has 1 unspecified atom stereocenters. The lowest BCUT2D eigenvalue weighted by Crippen LogP contribution is -2.36. The van der Waals surface area contributed by atoms with Crippen LogP contribution in [-0.4, -0.2) is 12.6 Å². The van der Waals surface area contributed by atoms with Gasteiger partial charge in [-0.2, -0.15) is 0 Å². The van der Waals surface area contributed by atoms with Gasteiger partial charge >= 0.3 is 0 Å². The first kappa shape index (κ1) is 18.0. The van der Waals surface area contributed by atoms with Gasteiger partial charge in [-0.25, -0.2) is 0 Å². The summed E-state index contributed by atoms with van der Waals surface area (Å²) in [5.74, 6) is 0.972. The van der Waals surface area contributed by atoms with Gasteiger partial charge in [-0.15, -0.1) is 0 Å². The minimum atomic E-state index is 0.819. The molecule has 0 spiro atoms. The van der Waals surface area contributed by atoms with Crippen molar-refractivity contribution in [3.8, 4) is 0 Å². The van der Waals surface area contributed by atoms with E-state index in [1.54, 1.807) is 0 Å². The predicted molar refractivity (Wildman–Crippen MR) is 91.3 cm³/mol. The molecule has 1 saturated carbocycles. The summed E-state index contributed by atoms with van der Waals surface area (Å²) in [6.45, 7) is 5.82. The van der Waals surface area contributed by atoms with Crippen LogP contribution in [0.2, 0.25) is 0 Å². The van der Waals surface area contributed by atoms with Gasteiger partial charge in [-0.05, 0) is 38.1 Å². The number of hydrogen-bond donors (Lipinski definition) is 1. The van der Waals surface area contributed by atoms with Crippen molar-refractivity contribution in [3.63, 3.8) is 0 Å². The molecule has 0 aromatic rings. The minimum Gasteiger partial charge on any atom is -0.314 e. The monoisotopic (exact) mass is 281 g/mol. The van der Waals surface area contributed by atoms with Crippen LogP contribution in [0.25, 0.3) is 0 Å². The van der Waals surface area contributed by atoms with Gasteiger partial charge < -0.3 is 5.32 Å². The van der Waals surface area contributed by atoms with Crippen LogP contribution in [-0.2, 0) is 0 Å². The summed E-state index contributed by atoms with van der Waals surface area (Å²) < 4.78 is 0. The lowest BCUT2D eigenvalue weighted by atomic mass is 9.88. The van der Waals surface area contributed by atoms with E-state index in [-0.39, 0.29) is 0 Å². The summed E-state index contributed by atoms with van der Waals surface area (Å²) in [5, 5.41) is 3.87. The van der Waals surface area contributed by atoms with Crippen LogP contribution in [0.5, 0.6) is 0 Å². The van der Waals surface area contributed by atoms with Crippen LogP contribution in [0.4, 0.5) is 0 Å². The Labute approximate surface area is 128 Å². The Balaban J connectivity index is 2.23. The van der Waals surface area contributed by atoms with Crippen molar-refractivity contribution in [2.75, 3.05) is 6.54 Å². The lowest BCUT2D eigenvalue weighted by Gasteiger charge is -2.27. The van der Waals surface area contributed by atoms with E-state index in [4.69, 9.17) is 0 Å². The highest BCUT2D eigenvalue weighted by Gasteiger charge is 2.21. The van der Waals surface area contributed by atoms with Gasteiger partial charge in [0.1, 0.15) is 0 Å². The molecule has 0 amide bonds. The normalized spacial score (nSPS) is 18.9. The molecule has 20 heavy (non-hydrogen) atoms. The molecule has 0 aromatic carbocycles. The van der Waals surface area contributed by atoms with E-state index < -0.39 is 0 Å². The molecule has 1 fully saturated rings. The topological polar surface area (TPSA) is 12.0 Å². The van der Waals surface area contributed by atoms with Crippen LogP contribution < -0.4 is 5.32 Å². The fraction of sp³-hybridized carbons (Fsp3) is 1.00. The average Bonchev–Trinajstić information content (AvgIpc) is 2.75. The Kier molecular flexibility index (Phi) is 11.4. The zero-order chi connectivity index (χ0) is 14.5. The SMILES string of the molecule is CCCCCCCCC(NCCC)C1CCCCCC1. The number of unbranched alkanes of at least 4 members (excludes halogenated alkanes) is 5. The first-order chi connectivity index (χ1) is 9.88. The largest absolute Gasteiger partial charge is 0.314 e. The van der Waals surface area contributed by atoms with Gasteiger partial charge in [0.2, 0.25) is 0 Å². The van der Waals surface area contributed by atoms with Crippen LogP contribution in [0, 0.1) is 5.92 Å². The smallest absolute Gasteiger partial charge is 0.00953 e.